The number of benzene rings is 3. The lowest BCUT2D eigenvalue weighted by molar-refractivity contribution is 0.198. The number of hydrogen-bond donors (Lipinski definition) is 4. The van der Waals surface area contributed by atoms with Gasteiger partial charge in [-0.25, -0.2) is 8.42 Å². The van der Waals surface area contributed by atoms with Crippen LogP contribution in [0.15, 0.2) is 90.8 Å². The van der Waals surface area contributed by atoms with Gasteiger partial charge in [-0.1, -0.05) is 6.58 Å². The predicted octanol–water partition coefficient (Wildman–Crippen LogP) is 5.61. The van der Waals surface area contributed by atoms with E-state index in [1.165, 1.54) is 24.3 Å². The van der Waals surface area contributed by atoms with Gasteiger partial charge in [-0.15, -0.1) is 10.2 Å². The lowest BCUT2D eigenvalue weighted by atomic mass is 10.0. The Morgan fingerprint density at radius 2 is 1.51 bits per heavy atom. The molecule has 0 radical (unpaired) electrons. The number of rotatable bonds is 16. The summed E-state index contributed by atoms with van der Waals surface area (Å²) in [6, 6.07) is 11.9. The summed E-state index contributed by atoms with van der Waals surface area (Å²) in [5, 5.41) is 33.0. The zero-order chi connectivity index (χ0) is 34.8. The topological polar surface area (TPSA) is 249 Å². The first-order chi connectivity index (χ1) is 22.1. The lowest BCUT2D eigenvalue weighted by Crippen LogP contribution is -2.15. The second-order valence-electron chi connectivity index (χ2n) is 9.66. The average molecular weight is 706 g/mol. The van der Waals surface area contributed by atoms with E-state index in [1.807, 2.05) is 0 Å². The Balaban J connectivity index is 2.01. The molecule has 16 nitrogen and oxygen atoms in total. The molecule has 0 spiro atoms. The summed E-state index contributed by atoms with van der Waals surface area (Å²) in [5.74, 6) is -0.257. The molecule has 4 N–H and O–H groups in total. The maximum atomic E-state index is 12.3. The Labute approximate surface area is 272 Å². The third kappa shape index (κ3) is 10.5. The van der Waals surface area contributed by atoms with Crippen molar-refractivity contribution in [3.05, 3.63) is 71.6 Å². The minimum atomic E-state index is -4.85. The van der Waals surface area contributed by atoms with Crippen molar-refractivity contribution in [2.24, 2.45) is 20.5 Å². The van der Waals surface area contributed by atoms with Crippen LogP contribution in [-0.4, -0.2) is 66.9 Å². The van der Waals surface area contributed by atoms with Crippen LogP contribution < -0.4 is 10.6 Å². The van der Waals surface area contributed by atoms with Crippen LogP contribution in [0.25, 0.3) is 0 Å². The van der Waals surface area contributed by atoms with Crippen LogP contribution in [0.4, 0.5) is 34.1 Å². The highest BCUT2D eigenvalue weighted by Gasteiger charge is 2.19. The Morgan fingerprint density at radius 3 is 2.11 bits per heavy atom. The molecule has 0 aliphatic heterocycles. The predicted molar refractivity (Wildman–Crippen MR) is 174 cm³/mol. The molecule has 0 aliphatic rings. The summed E-state index contributed by atoms with van der Waals surface area (Å²) < 4.78 is 94.8. The van der Waals surface area contributed by atoms with Crippen LogP contribution in [0.5, 0.6) is 0 Å². The zero-order valence-electron chi connectivity index (χ0n) is 25.2. The van der Waals surface area contributed by atoms with Gasteiger partial charge in [0.25, 0.3) is 20.2 Å². The van der Waals surface area contributed by atoms with Gasteiger partial charge < -0.3 is 15.4 Å². The Bertz CT molecular complexity index is 2060. The number of ether oxygens (including phenoxy) is 1. The molecule has 0 unspecified atom stereocenters. The Hall–Kier alpha value is -4.58. The molecule has 0 bridgehead atoms. The molecule has 3 aromatic rings. The smallest absolute Gasteiger partial charge is 0.296 e. The number of anilines is 2. The van der Waals surface area contributed by atoms with Crippen LogP contribution in [0.1, 0.15) is 17.5 Å². The summed E-state index contributed by atoms with van der Waals surface area (Å²) in [5.41, 5.74) is 1.32. The first kappa shape index (κ1) is 36.9. The van der Waals surface area contributed by atoms with E-state index in [9.17, 15) is 35.1 Å². The van der Waals surface area contributed by atoms with Crippen molar-refractivity contribution >= 4 is 64.2 Å². The Morgan fingerprint density at radius 1 is 0.872 bits per heavy atom. The van der Waals surface area contributed by atoms with E-state index in [4.69, 9.17) is 9.29 Å². The van der Waals surface area contributed by atoms with Gasteiger partial charge in [0, 0.05) is 32.2 Å². The normalized spacial score (nSPS) is 12.3. The standard InChI is InChI=1S/C28H31N7O9S3/c1-4-45(36,37)15-13-31-25-17-26(30-12-5-14-44-3)28(19(2)23(25)18-29)35-34-24-11-8-21(16-27(24)47(41,42)43)33-32-20-6-9-22(10-7-20)46(38,39)40/h4,6-11,16-17,30-31H,1,5,12-15H2,2-3H3,(H,38,39,40)(H,41,42,43). The maximum Gasteiger partial charge on any atom is 0.296 e. The van der Waals surface area contributed by atoms with Gasteiger partial charge in [0.15, 0.2) is 9.84 Å². The molecule has 0 aliphatic carbocycles. The number of azo groups is 2. The highest BCUT2D eigenvalue weighted by atomic mass is 32.2. The van der Waals surface area contributed by atoms with E-state index >= 15 is 0 Å². The summed E-state index contributed by atoms with van der Waals surface area (Å²) in [6.45, 7) is 5.73. The van der Waals surface area contributed by atoms with Crippen LogP contribution in [0, 0.1) is 18.3 Å². The third-order valence-electron chi connectivity index (χ3n) is 6.35. The van der Waals surface area contributed by atoms with Crippen molar-refractivity contribution in [3.63, 3.8) is 0 Å². The fraction of sp³-hybridized carbons (Fsp3) is 0.250. The van der Waals surface area contributed by atoms with E-state index in [0.29, 0.717) is 36.5 Å². The molecular formula is C28H31N7O9S3. The molecule has 0 saturated carbocycles. The number of nitrogens with zero attached hydrogens (tertiary/aromatic N) is 5. The monoisotopic (exact) mass is 705 g/mol. The number of nitrogens with one attached hydrogen (secondary N) is 2. The van der Waals surface area contributed by atoms with E-state index in [1.54, 1.807) is 20.1 Å². The van der Waals surface area contributed by atoms with E-state index in [0.717, 1.165) is 23.6 Å². The molecule has 3 aromatic carbocycles. The molecule has 0 heterocycles. The summed E-state index contributed by atoms with van der Waals surface area (Å²) in [4.78, 5) is -0.996. The molecule has 0 fully saturated rings. The second-order valence-corrected chi connectivity index (χ2v) is 14.5. The van der Waals surface area contributed by atoms with Gasteiger partial charge in [-0.05, 0) is 67.4 Å². The van der Waals surface area contributed by atoms with Crippen LogP contribution >= 0.6 is 0 Å². The van der Waals surface area contributed by atoms with Gasteiger partial charge in [0.05, 0.1) is 39.0 Å². The van der Waals surface area contributed by atoms with E-state index in [2.05, 4.69) is 43.7 Å². The first-order valence-electron chi connectivity index (χ1n) is 13.5. The fourth-order valence-corrected chi connectivity index (χ4v) is 5.64. The highest BCUT2D eigenvalue weighted by Crippen LogP contribution is 2.39. The maximum absolute atomic E-state index is 12.3. The minimum Gasteiger partial charge on any atom is -0.385 e. The van der Waals surface area contributed by atoms with Crippen LogP contribution in [0.2, 0.25) is 0 Å². The van der Waals surface area contributed by atoms with Crippen molar-refractivity contribution in [1.29, 1.82) is 5.26 Å². The average Bonchev–Trinajstić information content (AvgIpc) is 3.01. The molecular weight excluding hydrogens is 675 g/mol. The number of methoxy groups -OCH3 is 1. The molecule has 0 amide bonds. The van der Waals surface area contributed by atoms with Crippen molar-refractivity contribution in [1.82, 2.24) is 0 Å². The molecule has 19 heteroatoms. The second kappa shape index (κ2) is 15.8. The van der Waals surface area contributed by atoms with Gasteiger partial charge in [0.1, 0.15) is 22.3 Å². The number of nitriles is 1. The van der Waals surface area contributed by atoms with E-state index < -0.39 is 35.0 Å². The van der Waals surface area contributed by atoms with Gasteiger partial charge >= 0.3 is 0 Å². The molecule has 0 atom stereocenters. The largest absolute Gasteiger partial charge is 0.385 e. The van der Waals surface area contributed by atoms with Crippen molar-refractivity contribution in [2.45, 2.75) is 23.1 Å². The third-order valence-corrected chi connectivity index (χ3v) is 9.38. The Kier molecular flexibility index (Phi) is 12.4. The van der Waals surface area contributed by atoms with Crippen LogP contribution in [-0.2, 0) is 34.8 Å². The molecule has 0 saturated heterocycles. The van der Waals surface area contributed by atoms with Gasteiger partial charge in [-0.2, -0.15) is 32.3 Å². The minimum absolute atomic E-state index is 0.00669. The molecule has 3 rings (SSSR count). The van der Waals surface area contributed by atoms with Crippen LogP contribution in [0.3, 0.4) is 0 Å². The fourth-order valence-electron chi connectivity index (χ4n) is 3.96. The molecule has 0 aromatic heterocycles. The first-order valence-corrected chi connectivity index (χ1v) is 18.1. The highest BCUT2D eigenvalue weighted by molar-refractivity contribution is 7.94. The zero-order valence-corrected chi connectivity index (χ0v) is 27.6. The number of hydrogen-bond acceptors (Lipinski definition) is 14. The molecule has 47 heavy (non-hydrogen) atoms. The quantitative estimate of drug-likeness (QED) is 0.0806. The summed E-state index contributed by atoms with van der Waals surface area (Å²) in [7, 11) is -11.2. The van der Waals surface area contributed by atoms with Gasteiger partial charge in [0.2, 0.25) is 0 Å². The van der Waals surface area contributed by atoms with E-state index in [-0.39, 0.29) is 45.5 Å². The van der Waals surface area contributed by atoms with Crippen molar-refractivity contribution < 1.29 is 39.1 Å². The number of sulfone groups is 1. The van der Waals surface area contributed by atoms with Gasteiger partial charge in [-0.3, -0.25) is 9.11 Å². The SMILES string of the molecule is C=CS(=O)(=O)CCNc1cc(NCCCOC)c(N=Nc2ccc(N=Nc3ccc(S(=O)(=O)O)cc3)cc2S(=O)(=O)O)c(C)c1C#N. The van der Waals surface area contributed by atoms with Crippen molar-refractivity contribution in [3.8, 4) is 6.07 Å². The lowest BCUT2D eigenvalue weighted by Gasteiger charge is -2.17. The molecule has 250 valence electrons. The van der Waals surface area contributed by atoms with Crippen molar-refractivity contribution in [2.75, 3.05) is 43.2 Å². The summed E-state index contributed by atoms with van der Waals surface area (Å²) >= 11 is 0. The summed E-state index contributed by atoms with van der Waals surface area (Å²) in [6.07, 6.45) is 0.597.